The lowest BCUT2D eigenvalue weighted by atomic mass is 10.2. The van der Waals surface area contributed by atoms with Gasteiger partial charge in [0.2, 0.25) is 5.13 Å². The summed E-state index contributed by atoms with van der Waals surface area (Å²) in [6.07, 6.45) is 1.64. The summed E-state index contributed by atoms with van der Waals surface area (Å²) in [4.78, 5) is 18.2. The van der Waals surface area contributed by atoms with Crippen molar-refractivity contribution in [2.75, 3.05) is 19.2 Å². The number of hydrogen-bond donors (Lipinski definition) is 0. The molecule has 0 aliphatic heterocycles. The zero-order valence-electron chi connectivity index (χ0n) is 17.7. The van der Waals surface area contributed by atoms with E-state index in [0.29, 0.717) is 22.2 Å². The molecule has 0 unspecified atom stereocenters. The van der Waals surface area contributed by atoms with Crippen molar-refractivity contribution in [1.29, 1.82) is 0 Å². The lowest BCUT2D eigenvalue weighted by molar-refractivity contribution is 0.0987. The number of nitrogens with zero attached hydrogens (tertiary/aromatic N) is 3. The molecule has 1 heterocycles. The van der Waals surface area contributed by atoms with Crippen LogP contribution in [0.1, 0.15) is 21.5 Å². The van der Waals surface area contributed by atoms with Crippen LogP contribution < -0.4 is 14.5 Å². The van der Waals surface area contributed by atoms with Gasteiger partial charge in [0, 0.05) is 10.0 Å². The fourth-order valence-electron chi connectivity index (χ4n) is 3.06. The normalized spacial score (nSPS) is 11.1. The summed E-state index contributed by atoms with van der Waals surface area (Å²) < 4.78 is 12.6. The van der Waals surface area contributed by atoms with Gasteiger partial charge in [0.25, 0.3) is 5.91 Å². The lowest BCUT2D eigenvalue weighted by Crippen LogP contribution is -2.25. The van der Waals surface area contributed by atoms with E-state index in [0.717, 1.165) is 25.8 Å². The van der Waals surface area contributed by atoms with Crippen LogP contribution in [0.15, 0.2) is 70.2 Å². The summed E-state index contributed by atoms with van der Waals surface area (Å²) in [7, 11) is 3.09. The number of anilines is 1. The minimum absolute atomic E-state index is 0.324. The maximum atomic E-state index is 13.5. The molecule has 0 atom stereocenters. The van der Waals surface area contributed by atoms with Crippen molar-refractivity contribution in [2.45, 2.75) is 6.92 Å². The summed E-state index contributed by atoms with van der Waals surface area (Å²) in [5.41, 5.74) is 3.21. The highest BCUT2D eigenvalue weighted by Gasteiger charge is 2.22. The van der Waals surface area contributed by atoms with Gasteiger partial charge in [-0.05, 0) is 60.5 Å². The topological polar surface area (TPSA) is 64.0 Å². The number of hydrogen-bond acceptors (Lipinski definition) is 6. The number of aromatic nitrogens is 1. The van der Waals surface area contributed by atoms with Crippen LogP contribution in [0.5, 0.6) is 11.5 Å². The van der Waals surface area contributed by atoms with Crippen LogP contribution >= 0.6 is 27.3 Å². The van der Waals surface area contributed by atoms with Crippen LogP contribution in [0.25, 0.3) is 10.2 Å². The van der Waals surface area contributed by atoms with Crippen molar-refractivity contribution in [3.05, 3.63) is 81.8 Å². The molecule has 0 saturated heterocycles. The average Bonchev–Trinajstić information content (AvgIpc) is 3.22. The van der Waals surface area contributed by atoms with Crippen molar-refractivity contribution in [3.8, 4) is 11.5 Å². The van der Waals surface area contributed by atoms with Gasteiger partial charge in [0.1, 0.15) is 0 Å². The average molecular weight is 510 g/mol. The molecule has 6 nitrogen and oxygen atoms in total. The molecule has 0 spiro atoms. The predicted octanol–water partition coefficient (Wildman–Crippen LogP) is 6.07. The van der Waals surface area contributed by atoms with E-state index in [4.69, 9.17) is 9.47 Å². The number of aryl methyl sites for hydroxylation is 1. The van der Waals surface area contributed by atoms with Gasteiger partial charge < -0.3 is 9.47 Å². The van der Waals surface area contributed by atoms with Crippen molar-refractivity contribution in [3.63, 3.8) is 0 Å². The van der Waals surface area contributed by atoms with Crippen molar-refractivity contribution in [1.82, 2.24) is 4.98 Å². The number of halogens is 1. The van der Waals surface area contributed by atoms with E-state index in [-0.39, 0.29) is 5.91 Å². The molecule has 0 aliphatic carbocycles. The number of carbonyl (C=O) groups excluding carboxylic acids is 1. The number of rotatable bonds is 6. The number of carbonyl (C=O) groups is 1. The fourth-order valence-corrected chi connectivity index (χ4v) is 4.35. The standard InChI is InChI=1S/C24H20BrN3O3S/c1-15-4-10-19-22(12-15)32-24(27-19)28(26-14-16-5-8-18(25)9-6-16)23(29)17-7-11-20(30-2)21(13-17)31-3/h4-14H,1-3H3/b26-14+. The molecule has 0 N–H and O–H groups in total. The summed E-state index contributed by atoms with van der Waals surface area (Å²) in [5, 5.41) is 6.31. The Morgan fingerprint density at radius 1 is 1.03 bits per heavy atom. The summed E-state index contributed by atoms with van der Waals surface area (Å²) >= 11 is 4.84. The first-order chi connectivity index (χ1) is 15.5. The van der Waals surface area contributed by atoms with Gasteiger partial charge in [-0.1, -0.05) is 45.5 Å². The van der Waals surface area contributed by atoms with E-state index >= 15 is 0 Å². The van der Waals surface area contributed by atoms with Gasteiger partial charge in [-0.15, -0.1) is 0 Å². The molecule has 0 fully saturated rings. The van der Waals surface area contributed by atoms with Gasteiger partial charge in [0.15, 0.2) is 11.5 Å². The quantitative estimate of drug-likeness (QED) is 0.234. The highest BCUT2D eigenvalue weighted by atomic mass is 79.9. The SMILES string of the molecule is COc1ccc(C(=O)N(/N=C/c2ccc(Br)cc2)c2nc3ccc(C)cc3s2)cc1OC. The predicted molar refractivity (Wildman–Crippen MR) is 132 cm³/mol. The molecule has 162 valence electrons. The van der Waals surface area contributed by atoms with Crippen molar-refractivity contribution in [2.24, 2.45) is 5.10 Å². The first-order valence-corrected chi connectivity index (χ1v) is 11.3. The van der Waals surface area contributed by atoms with Crippen molar-refractivity contribution >= 4 is 54.7 Å². The Hall–Kier alpha value is -3.23. The Labute approximate surface area is 198 Å². The fraction of sp³-hybridized carbons (Fsp3) is 0.125. The van der Waals surface area contributed by atoms with E-state index in [1.165, 1.54) is 23.5 Å². The second-order valence-electron chi connectivity index (χ2n) is 6.95. The summed E-state index contributed by atoms with van der Waals surface area (Å²) in [5.74, 6) is 0.689. The van der Waals surface area contributed by atoms with Crippen molar-refractivity contribution < 1.29 is 14.3 Å². The highest BCUT2D eigenvalue weighted by molar-refractivity contribution is 9.10. The van der Waals surface area contributed by atoms with E-state index in [1.807, 2.05) is 49.4 Å². The van der Waals surface area contributed by atoms with E-state index in [2.05, 4.69) is 26.0 Å². The van der Waals surface area contributed by atoms with Crippen LogP contribution in [0, 0.1) is 6.92 Å². The maximum Gasteiger partial charge on any atom is 0.280 e. The Morgan fingerprint density at radius 3 is 2.50 bits per heavy atom. The molecule has 1 aromatic heterocycles. The monoisotopic (exact) mass is 509 g/mol. The zero-order valence-corrected chi connectivity index (χ0v) is 20.1. The molecule has 0 bridgehead atoms. The molecular formula is C24H20BrN3O3S. The first-order valence-electron chi connectivity index (χ1n) is 9.71. The van der Waals surface area contributed by atoms with Gasteiger partial charge in [-0.2, -0.15) is 10.1 Å². The molecule has 8 heteroatoms. The Bertz CT molecular complexity index is 1300. The van der Waals surface area contributed by atoms with E-state index < -0.39 is 0 Å². The number of fused-ring (bicyclic) bond motifs is 1. The Morgan fingerprint density at radius 2 is 1.78 bits per heavy atom. The second-order valence-corrected chi connectivity index (χ2v) is 8.88. The van der Waals surface area contributed by atoms with Gasteiger partial charge >= 0.3 is 0 Å². The lowest BCUT2D eigenvalue weighted by Gasteiger charge is -2.15. The third-order valence-electron chi connectivity index (χ3n) is 4.73. The molecule has 4 aromatic rings. The van der Waals surface area contributed by atoms with Crippen LogP contribution in [0.4, 0.5) is 5.13 Å². The molecular weight excluding hydrogens is 490 g/mol. The molecule has 0 saturated carbocycles. The molecule has 0 aliphatic rings. The number of amides is 1. The minimum Gasteiger partial charge on any atom is -0.493 e. The van der Waals surface area contributed by atoms with Gasteiger partial charge in [0.05, 0.1) is 30.7 Å². The summed E-state index contributed by atoms with van der Waals surface area (Å²) in [6, 6.07) is 18.7. The van der Waals surface area contributed by atoms with Gasteiger partial charge in [-0.25, -0.2) is 4.98 Å². The van der Waals surface area contributed by atoms with Crippen LogP contribution in [0.3, 0.4) is 0 Å². The molecule has 3 aromatic carbocycles. The van der Waals surface area contributed by atoms with Crippen LogP contribution in [-0.4, -0.2) is 31.3 Å². The molecule has 4 rings (SSSR count). The third kappa shape index (κ3) is 4.66. The Balaban J connectivity index is 1.77. The first kappa shape index (κ1) is 22.0. The molecule has 0 radical (unpaired) electrons. The molecule has 1 amide bonds. The highest BCUT2D eigenvalue weighted by Crippen LogP contribution is 2.32. The van der Waals surface area contributed by atoms with Crippen LogP contribution in [-0.2, 0) is 0 Å². The third-order valence-corrected chi connectivity index (χ3v) is 6.25. The summed E-state index contributed by atoms with van der Waals surface area (Å²) in [6.45, 7) is 2.02. The Kier molecular flexibility index (Phi) is 6.53. The van der Waals surface area contributed by atoms with Crippen LogP contribution in [0.2, 0.25) is 0 Å². The maximum absolute atomic E-state index is 13.5. The van der Waals surface area contributed by atoms with Gasteiger partial charge in [-0.3, -0.25) is 4.79 Å². The smallest absolute Gasteiger partial charge is 0.280 e. The number of benzene rings is 3. The minimum atomic E-state index is -0.324. The number of thiazole rings is 1. The molecule has 32 heavy (non-hydrogen) atoms. The number of hydrazone groups is 1. The number of ether oxygens (including phenoxy) is 2. The largest absolute Gasteiger partial charge is 0.493 e. The second kappa shape index (κ2) is 9.50. The zero-order chi connectivity index (χ0) is 22.7. The number of methoxy groups -OCH3 is 2. The van der Waals surface area contributed by atoms with E-state index in [1.54, 1.807) is 31.5 Å². The van der Waals surface area contributed by atoms with E-state index in [9.17, 15) is 4.79 Å².